The lowest BCUT2D eigenvalue weighted by atomic mass is 9.98. The molecule has 20 heavy (non-hydrogen) atoms. The maximum atomic E-state index is 12.3. The van der Waals surface area contributed by atoms with Crippen LogP contribution in [0.4, 0.5) is 5.69 Å². The molecule has 1 aromatic carbocycles. The lowest BCUT2D eigenvalue weighted by molar-refractivity contribution is -0.121. The minimum atomic E-state index is -0.0615. The average molecular weight is 278 g/mol. The van der Waals surface area contributed by atoms with Crippen LogP contribution in [-0.4, -0.2) is 31.8 Å². The van der Waals surface area contributed by atoms with Gasteiger partial charge in [0.1, 0.15) is 12.4 Å². The van der Waals surface area contributed by atoms with Crippen LogP contribution in [0, 0.1) is 5.92 Å². The molecule has 0 aliphatic carbocycles. The van der Waals surface area contributed by atoms with E-state index in [0.29, 0.717) is 25.5 Å². The number of benzene rings is 1. The van der Waals surface area contributed by atoms with Crippen molar-refractivity contribution in [1.82, 2.24) is 0 Å². The topological polar surface area (TPSA) is 73.6 Å². The van der Waals surface area contributed by atoms with E-state index in [-0.39, 0.29) is 17.9 Å². The van der Waals surface area contributed by atoms with Gasteiger partial charge in [-0.05, 0) is 25.0 Å². The molecule has 3 N–H and O–H groups in total. The maximum absolute atomic E-state index is 12.3. The standard InChI is InChI=1S/C15H22N2O3/c1-2-14-13(6-8-20-14)15(18)17-11-4-3-5-12(10-11)19-9-7-16/h3-5,10,13-14H,2,6-9,16H2,1H3,(H,17,18). The number of nitrogens with one attached hydrogen (secondary N) is 1. The van der Waals surface area contributed by atoms with Crippen molar-refractivity contribution in [3.63, 3.8) is 0 Å². The van der Waals surface area contributed by atoms with Gasteiger partial charge < -0.3 is 20.5 Å². The lowest BCUT2D eigenvalue weighted by Gasteiger charge is -2.16. The first-order chi connectivity index (χ1) is 9.74. The molecule has 5 nitrogen and oxygen atoms in total. The van der Waals surface area contributed by atoms with Crippen LogP contribution in [0.3, 0.4) is 0 Å². The highest BCUT2D eigenvalue weighted by atomic mass is 16.5. The first-order valence-corrected chi connectivity index (χ1v) is 7.10. The summed E-state index contributed by atoms with van der Waals surface area (Å²) in [6.45, 7) is 3.63. The number of hydrogen-bond acceptors (Lipinski definition) is 4. The fourth-order valence-electron chi connectivity index (χ4n) is 2.43. The van der Waals surface area contributed by atoms with Gasteiger partial charge in [0.2, 0.25) is 5.91 Å². The number of anilines is 1. The van der Waals surface area contributed by atoms with E-state index in [1.807, 2.05) is 31.2 Å². The Morgan fingerprint density at radius 3 is 3.15 bits per heavy atom. The van der Waals surface area contributed by atoms with Crippen molar-refractivity contribution >= 4 is 11.6 Å². The number of ether oxygens (including phenoxy) is 2. The predicted octanol–water partition coefficient (Wildman–Crippen LogP) is 1.78. The monoisotopic (exact) mass is 278 g/mol. The number of amides is 1. The molecular weight excluding hydrogens is 256 g/mol. The van der Waals surface area contributed by atoms with Gasteiger partial charge in [0.25, 0.3) is 0 Å². The molecule has 1 heterocycles. The zero-order valence-corrected chi connectivity index (χ0v) is 11.8. The van der Waals surface area contributed by atoms with Gasteiger partial charge in [-0.15, -0.1) is 0 Å². The molecular formula is C15H22N2O3. The van der Waals surface area contributed by atoms with E-state index in [2.05, 4.69) is 5.32 Å². The van der Waals surface area contributed by atoms with Crippen molar-refractivity contribution in [2.24, 2.45) is 11.7 Å². The van der Waals surface area contributed by atoms with Crippen LogP contribution in [0.25, 0.3) is 0 Å². The molecule has 5 heteroatoms. The maximum Gasteiger partial charge on any atom is 0.230 e. The molecule has 0 radical (unpaired) electrons. The highest BCUT2D eigenvalue weighted by molar-refractivity contribution is 5.93. The Labute approximate surface area is 119 Å². The van der Waals surface area contributed by atoms with Crippen molar-refractivity contribution in [1.29, 1.82) is 0 Å². The van der Waals surface area contributed by atoms with E-state index in [1.165, 1.54) is 0 Å². The van der Waals surface area contributed by atoms with Crippen LogP contribution in [0.1, 0.15) is 19.8 Å². The first kappa shape index (κ1) is 14.8. The summed E-state index contributed by atoms with van der Waals surface area (Å²) in [6.07, 6.45) is 1.68. The zero-order chi connectivity index (χ0) is 14.4. The highest BCUT2D eigenvalue weighted by Crippen LogP contribution is 2.25. The first-order valence-electron chi connectivity index (χ1n) is 7.10. The van der Waals surface area contributed by atoms with Crippen LogP contribution in [-0.2, 0) is 9.53 Å². The summed E-state index contributed by atoms with van der Waals surface area (Å²) in [4.78, 5) is 12.3. The van der Waals surface area contributed by atoms with Gasteiger partial charge in [0.05, 0.1) is 12.0 Å². The third-order valence-corrected chi connectivity index (χ3v) is 3.44. The molecule has 1 aliphatic rings. The molecule has 1 aliphatic heterocycles. The number of rotatable bonds is 6. The van der Waals surface area contributed by atoms with Crippen LogP contribution in [0.2, 0.25) is 0 Å². The van der Waals surface area contributed by atoms with Crippen LogP contribution >= 0.6 is 0 Å². The minimum absolute atomic E-state index is 0.0188. The van der Waals surface area contributed by atoms with E-state index < -0.39 is 0 Å². The van der Waals surface area contributed by atoms with Crippen molar-refractivity contribution < 1.29 is 14.3 Å². The summed E-state index contributed by atoms with van der Waals surface area (Å²) in [5, 5.41) is 2.93. The van der Waals surface area contributed by atoms with Crippen molar-refractivity contribution in [2.75, 3.05) is 25.1 Å². The van der Waals surface area contributed by atoms with Crippen LogP contribution < -0.4 is 15.8 Å². The molecule has 0 aromatic heterocycles. The van der Waals surface area contributed by atoms with Gasteiger partial charge >= 0.3 is 0 Å². The van der Waals surface area contributed by atoms with Crippen LogP contribution in [0.5, 0.6) is 5.75 Å². The van der Waals surface area contributed by atoms with Crippen molar-refractivity contribution in [3.8, 4) is 5.75 Å². The van der Waals surface area contributed by atoms with E-state index in [4.69, 9.17) is 15.2 Å². The Bertz CT molecular complexity index is 450. The second kappa shape index (κ2) is 7.26. The largest absolute Gasteiger partial charge is 0.492 e. The Kier molecular flexibility index (Phi) is 5.38. The molecule has 1 fully saturated rings. The zero-order valence-electron chi connectivity index (χ0n) is 11.8. The van der Waals surface area contributed by atoms with Crippen LogP contribution in [0.15, 0.2) is 24.3 Å². The van der Waals surface area contributed by atoms with Gasteiger partial charge in [-0.1, -0.05) is 13.0 Å². The van der Waals surface area contributed by atoms with Gasteiger partial charge in [-0.25, -0.2) is 0 Å². The van der Waals surface area contributed by atoms with Crippen molar-refractivity contribution in [2.45, 2.75) is 25.9 Å². The normalized spacial score (nSPS) is 21.7. The number of nitrogens with two attached hydrogens (primary N) is 1. The third-order valence-electron chi connectivity index (χ3n) is 3.44. The second-order valence-corrected chi connectivity index (χ2v) is 4.87. The molecule has 0 bridgehead atoms. The van der Waals surface area contributed by atoms with E-state index in [1.54, 1.807) is 0 Å². The van der Waals surface area contributed by atoms with Gasteiger partial charge in [0, 0.05) is 24.9 Å². The molecule has 2 rings (SSSR count). The van der Waals surface area contributed by atoms with E-state index in [9.17, 15) is 4.79 Å². The fourth-order valence-corrected chi connectivity index (χ4v) is 2.43. The van der Waals surface area contributed by atoms with Gasteiger partial charge in [-0.2, -0.15) is 0 Å². The lowest BCUT2D eigenvalue weighted by Crippen LogP contribution is -2.29. The number of carbonyl (C=O) groups is 1. The summed E-state index contributed by atoms with van der Waals surface area (Å²) in [6, 6.07) is 7.36. The summed E-state index contributed by atoms with van der Waals surface area (Å²) < 4.78 is 11.0. The molecule has 0 spiro atoms. The van der Waals surface area contributed by atoms with E-state index in [0.717, 1.165) is 18.5 Å². The summed E-state index contributed by atoms with van der Waals surface area (Å²) in [5.74, 6) is 0.668. The molecule has 1 aromatic rings. The van der Waals surface area contributed by atoms with Gasteiger partial charge in [0.15, 0.2) is 0 Å². The fraction of sp³-hybridized carbons (Fsp3) is 0.533. The number of hydrogen-bond donors (Lipinski definition) is 2. The molecule has 2 unspecified atom stereocenters. The molecule has 2 atom stereocenters. The Morgan fingerprint density at radius 1 is 1.55 bits per heavy atom. The minimum Gasteiger partial charge on any atom is -0.492 e. The molecule has 1 amide bonds. The third kappa shape index (κ3) is 3.71. The predicted molar refractivity (Wildman–Crippen MR) is 77.8 cm³/mol. The Morgan fingerprint density at radius 2 is 2.40 bits per heavy atom. The highest BCUT2D eigenvalue weighted by Gasteiger charge is 2.32. The molecule has 110 valence electrons. The smallest absolute Gasteiger partial charge is 0.230 e. The number of carbonyl (C=O) groups excluding carboxylic acids is 1. The average Bonchev–Trinajstić information content (AvgIpc) is 2.94. The summed E-state index contributed by atoms with van der Waals surface area (Å²) in [5.41, 5.74) is 6.14. The second-order valence-electron chi connectivity index (χ2n) is 4.87. The van der Waals surface area contributed by atoms with Gasteiger partial charge in [-0.3, -0.25) is 4.79 Å². The summed E-state index contributed by atoms with van der Waals surface area (Å²) in [7, 11) is 0. The quantitative estimate of drug-likeness (QED) is 0.832. The Balaban J connectivity index is 1.97. The molecule has 1 saturated heterocycles. The van der Waals surface area contributed by atoms with E-state index >= 15 is 0 Å². The summed E-state index contributed by atoms with van der Waals surface area (Å²) >= 11 is 0. The SMILES string of the molecule is CCC1OCCC1C(=O)Nc1cccc(OCCN)c1. The Hall–Kier alpha value is -1.59. The van der Waals surface area contributed by atoms with Crippen molar-refractivity contribution in [3.05, 3.63) is 24.3 Å². The molecule has 0 saturated carbocycles.